The number of nitrogens with zero attached hydrogens (tertiary/aromatic N) is 2. The molecule has 1 heterocycles. The lowest BCUT2D eigenvalue weighted by Gasteiger charge is -2.15. The summed E-state index contributed by atoms with van der Waals surface area (Å²) < 4.78 is 13.1. The second-order valence-corrected chi connectivity index (χ2v) is 8.42. The van der Waals surface area contributed by atoms with Crippen LogP contribution in [0.2, 0.25) is 0 Å². The number of ether oxygens (including phenoxy) is 2. The summed E-state index contributed by atoms with van der Waals surface area (Å²) in [5.41, 5.74) is 5.14. The van der Waals surface area contributed by atoms with Gasteiger partial charge in [0.2, 0.25) is 0 Å². The van der Waals surface area contributed by atoms with Gasteiger partial charge in [0, 0.05) is 12.1 Å². The summed E-state index contributed by atoms with van der Waals surface area (Å²) in [4.78, 5) is 18.1. The first-order valence-corrected chi connectivity index (χ1v) is 11.3. The Balaban J connectivity index is 1.54. The Hall–Kier alpha value is -3.60. The van der Waals surface area contributed by atoms with Crippen molar-refractivity contribution < 1.29 is 9.47 Å². The molecule has 3 aromatic carbocycles. The molecule has 5 heteroatoms. The van der Waals surface area contributed by atoms with Crippen molar-refractivity contribution in [1.82, 2.24) is 9.55 Å². The first kappa shape index (κ1) is 22.6. The third kappa shape index (κ3) is 4.92. The first-order valence-electron chi connectivity index (χ1n) is 11.3. The Morgan fingerprint density at radius 3 is 2.30 bits per heavy atom. The minimum absolute atomic E-state index is 0.0161. The Kier molecular flexibility index (Phi) is 6.78. The van der Waals surface area contributed by atoms with E-state index >= 15 is 0 Å². The zero-order chi connectivity index (χ0) is 23.4. The lowest BCUT2D eigenvalue weighted by molar-refractivity contribution is 0.299. The van der Waals surface area contributed by atoms with Crippen molar-refractivity contribution in [2.75, 3.05) is 13.7 Å². The van der Waals surface area contributed by atoms with Crippen LogP contribution in [0.15, 0.2) is 65.5 Å². The molecule has 4 aromatic rings. The van der Waals surface area contributed by atoms with E-state index < -0.39 is 0 Å². The van der Waals surface area contributed by atoms with Gasteiger partial charge in [-0.25, -0.2) is 4.98 Å². The molecule has 0 N–H and O–H groups in total. The molecule has 0 aliphatic heterocycles. The van der Waals surface area contributed by atoms with E-state index in [-0.39, 0.29) is 5.56 Å². The smallest absolute Gasteiger partial charge is 0.261 e. The number of unbranched alkanes of at least 4 members (excludes halogenated alkanes) is 1. The number of rotatable bonds is 8. The fourth-order valence-corrected chi connectivity index (χ4v) is 4.28. The summed E-state index contributed by atoms with van der Waals surface area (Å²) in [5, 5.41) is 0.636. The van der Waals surface area contributed by atoms with Crippen molar-refractivity contribution in [1.29, 1.82) is 0 Å². The molecule has 0 bridgehead atoms. The lowest BCUT2D eigenvalue weighted by atomic mass is 10.1. The van der Waals surface area contributed by atoms with Crippen LogP contribution in [0, 0.1) is 20.8 Å². The number of hydrogen-bond donors (Lipinski definition) is 0. The van der Waals surface area contributed by atoms with E-state index in [2.05, 4.69) is 32.9 Å². The molecule has 0 radical (unpaired) electrons. The monoisotopic (exact) mass is 442 g/mol. The molecule has 4 rings (SSSR count). The molecule has 0 unspecified atom stereocenters. The molecule has 0 aliphatic carbocycles. The Morgan fingerprint density at radius 2 is 1.61 bits per heavy atom. The highest BCUT2D eigenvalue weighted by Gasteiger charge is 2.13. The number of aromatic nitrogens is 2. The van der Waals surface area contributed by atoms with Gasteiger partial charge in [-0.15, -0.1) is 0 Å². The van der Waals surface area contributed by atoms with Gasteiger partial charge < -0.3 is 9.47 Å². The SMILES string of the molecule is COc1ccc(-c2nc3ccccc3c(=O)n2CCCCOc2c(C)cc(C)cc2C)cc1. The summed E-state index contributed by atoms with van der Waals surface area (Å²) in [6, 6.07) is 19.5. The predicted molar refractivity (Wildman–Crippen MR) is 133 cm³/mol. The minimum atomic E-state index is -0.0161. The van der Waals surface area contributed by atoms with Crippen molar-refractivity contribution in [2.24, 2.45) is 0 Å². The van der Waals surface area contributed by atoms with Crippen LogP contribution in [0.3, 0.4) is 0 Å². The third-order valence-corrected chi connectivity index (χ3v) is 5.84. The number of hydrogen-bond acceptors (Lipinski definition) is 4. The van der Waals surface area contributed by atoms with Crippen LogP contribution in [-0.2, 0) is 6.54 Å². The topological polar surface area (TPSA) is 53.3 Å². The van der Waals surface area contributed by atoms with Crippen molar-refractivity contribution in [3.05, 3.63) is 87.7 Å². The largest absolute Gasteiger partial charge is 0.497 e. The highest BCUT2D eigenvalue weighted by molar-refractivity contribution is 5.79. The van der Waals surface area contributed by atoms with E-state index in [0.29, 0.717) is 29.9 Å². The molecule has 33 heavy (non-hydrogen) atoms. The summed E-state index contributed by atoms with van der Waals surface area (Å²) in [7, 11) is 1.64. The molecule has 0 amide bonds. The van der Waals surface area contributed by atoms with E-state index in [9.17, 15) is 4.79 Å². The fraction of sp³-hybridized carbons (Fsp3) is 0.286. The van der Waals surface area contributed by atoms with Crippen LogP contribution in [0.5, 0.6) is 11.5 Å². The van der Waals surface area contributed by atoms with Gasteiger partial charge in [-0.3, -0.25) is 9.36 Å². The van der Waals surface area contributed by atoms with Gasteiger partial charge in [-0.05, 0) is 81.1 Å². The summed E-state index contributed by atoms with van der Waals surface area (Å²) >= 11 is 0. The van der Waals surface area contributed by atoms with Gasteiger partial charge in [0.25, 0.3) is 5.56 Å². The minimum Gasteiger partial charge on any atom is -0.497 e. The average molecular weight is 443 g/mol. The maximum atomic E-state index is 13.3. The molecule has 0 saturated heterocycles. The molecule has 5 nitrogen and oxygen atoms in total. The highest BCUT2D eigenvalue weighted by atomic mass is 16.5. The maximum Gasteiger partial charge on any atom is 0.261 e. The average Bonchev–Trinajstić information content (AvgIpc) is 2.81. The van der Waals surface area contributed by atoms with Gasteiger partial charge in [0.05, 0.1) is 24.6 Å². The van der Waals surface area contributed by atoms with Crippen LogP contribution < -0.4 is 15.0 Å². The van der Waals surface area contributed by atoms with Crippen LogP contribution in [0.1, 0.15) is 29.5 Å². The normalized spacial score (nSPS) is 11.0. The maximum absolute atomic E-state index is 13.3. The van der Waals surface area contributed by atoms with E-state index in [1.165, 1.54) is 5.56 Å². The molecule has 0 spiro atoms. The van der Waals surface area contributed by atoms with Crippen LogP contribution in [0.4, 0.5) is 0 Å². The zero-order valence-electron chi connectivity index (χ0n) is 19.7. The standard InChI is InChI=1S/C28H30N2O3/c1-19-17-20(2)26(21(3)18-19)33-16-8-7-15-30-27(22-11-13-23(32-4)14-12-22)29-25-10-6-5-9-24(25)28(30)31/h5-6,9-14,17-18H,7-8,15-16H2,1-4H3. The van der Waals surface area contributed by atoms with Crippen molar-refractivity contribution in [2.45, 2.75) is 40.2 Å². The lowest BCUT2D eigenvalue weighted by Crippen LogP contribution is -2.24. The quantitative estimate of drug-likeness (QED) is 0.321. The van der Waals surface area contributed by atoms with E-state index in [1.54, 1.807) is 11.7 Å². The van der Waals surface area contributed by atoms with E-state index in [1.807, 2.05) is 48.5 Å². The van der Waals surface area contributed by atoms with Crippen LogP contribution in [-0.4, -0.2) is 23.3 Å². The third-order valence-electron chi connectivity index (χ3n) is 5.84. The number of fused-ring (bicyclic) bond motifs is 1. The summed E-state index contributed by atoms with van der Waals surface area (Å²) in [6.07, 6.45) is 1.65. The number of methoxy groups -OCH3 is 1. The number of para-hydroxylation sites is 1. The number of aryl methyl sites for hydroxylation is 3. The van der Waals surface area contributed by atoms with Gasteiger partial charge >= 0.3 is 0 Å². The Morgan fingerprint density at radius 1 is 0.909 bits per heavy atom. The van der Waals surface area contributed by atoms with E-state index in [0.717, 1.165) is 41.0 Å². The molecule has 170 valence electrons. The second-order valence-electron chi connectivity index (χ2n) is 8.42. The molecule has 0 aliphatic rings. The van der Waals surface area contributed by atoms with Gasteiger partial charge in [-0.1, -0.05) is 29.8 Å². The van der Waals surface area contributed by atoms with E-state index in [4.69, 9.17) is 14.5 Å². The van der Waals surface area contributed by atoms with Crippen LogP contribution >= 0.6 is 0 Å². The zero-order valence-corrected chi connectivity index (χ0v) is 19.7. The molecular formula is C28H30N2O3. The predicted octanol–water partition coefficient (Wildman–Crippen LogP) is 5.86. The Labute approximate surface area is 194 Å². The summed E-state index contributed by atoms with van der Waals surface area (Å²) in [6.45, 7) is 7.44. The molecule has 1 aromatic heterocycles. The highest BCUT2D eigenvalue weighted by Crippen LogP contribution is 2.25. The fourth-order valence-electron chi connectivity index (χ4n) is 4.28. The molecule has 0 fully saturated rings. The molecular weight excluding hydrogens is 412 g/mol. The van der Waals surface area contributed by atoms with Gasteiger partial charge in [0.1, 0.15) is 17.3 Å². The Bertz CT molecular complexity index is 1300. The van der Waals surface area contributed by atoms with Gasteiger partial charge in [-0.2, -0.15) is 0 Å². The van der Waals surface area contributed by atoms with Crippen LogP contribution in [0.25, 0.3) is 22.3 Å². The number of benzene rings is 3. The van der Waals surface area contributed by atoms with Crippen molar-refractivity contribution in [3.8, 4) is 22.9 Å². The molecule has 0 atom stereocenters. The van der Waals surface area contributed by atoms with Crippen molar-refractivity contribution in [3.63, 3.8) is 0 Å². The second kappa shape index (κ2) is 9.90. The van der Waals surface area contributed by atoms with Crippen molar-refractivity contribution >= 4 is 10.9 Å². The first-order chi connectivity index (χ1) is 16.0. The molecule has 0 saturated carbocycles. The van der Waals surface area contributed by atoms with Gasteiger partial charge in [0.15, 0.2) is 0 Å². The summed E-state index contributed by atoms with van der Waals surface area (Å²) in [5.74, 6) is 2.41.